The lowest BCUT2D eigenvalue weighted by atomic mass is 9.85. The van der Waals surface area contributed by atoms with Gasteiger partial charge in [-0.2, -0.15) is 0 Å². The van der Waals surface area contributed by atoms with E-state index < -0.39 is 5.91 Å². The maximum atomic E-state index is 12.5. The first-order valence-corrected chi connectivity index (χ1v) is 6.71. The Morgan fingerprint density at radius 3 is 2.85 bits per heavy atom. The maximum Gasteiger partial charge on any atom is 0.261 e. The first-order valence-electron chi connectivity index (χ1n) is 6.71. The highest BCUT2D eigenvalue weighted by molar-refractivity contribution is 5.96. The lowest BCUT2D eigenvalue weighted by molar-refractivity contribution is 0.100. The molecule has 0 saturated heterocycles. The van der Waals surface area contributed by atoms with Gasteiger partial charge in [0.1, 0.15) is 5.82 Å². The largest absolute Gasteiger partial charge is 0.366 e. The summed E-state index contributed by atoms with van der Waals surface area (Å²) >= 11 is 0. The number of carbonyl (C=O) groups excluding carboxylic acids is 1. The summed E-state index contributed by atoms with van der Waals surface area (Å²) in [4.78, 5) is 28.3. The van der Waals surface area contributed by atoms with Crippen molar-refractivity contribution in [1.82, 2.24) is 9.55 Å². The molecule has 2 heterocycles. The van der Waals surface area contributed by atoms with Crippen molar-refractivity contribution < 1.29 is 4.79 Å². The van der Waals surface area contributed by atoms with Gasteiger partial charge in [0, 0.05) is 18.5 Å². The maximum absolute atomic E-state index is 12.5. The topological polar surface area (TPSA) is 78.0 Å². The minimum Gasteiger partial charge on any atom is -0.366 e. The number of amides is 1. The van der Waals surface area contributed by atoms with E-state index in [1.54, 1.807) is 22.8 Å². The van der Waals surface area contributed by atoms with Crippen LogP contribution >= 0.6 is 0 Å². The highest BCUT2D eigenvalue weighted by atomic mass is 16.1. The van der Waals surface area contributed by atoms with Crippen LogP contribution < -0.4 is 11.3 Å². The fourth-order valence-corrected chi connectivity index (χ4v) is 2.73. The number of rotatable bonds is 1. The minimum absolute atomic E-state index is 0.0335. The van der Waals surface area contributed by atoms with Crippen molar-refractivity contribution in [3.8, 4) is 0 Å². The van der Waals surface area contributed by atoms with E-state index in [0.717, 1.165) is 18.7 Å². The zero-order chi connectivity index (χ0) is 14.5. The Balaban J connectivity index is 2.25. The van der Waals surface area contributed by atoms with Crippen LogP contribution in [0.3, 0.4) is 0 Å². The number of hydrogen-bond donors (Lipinski definition) is 1. The molecule has 0 aliphatic carbocycles. The predicted octanol–water partition coefficient (Wildman–Crippen LogP) is 1.47. The van der Waals surface area contributed by atoms with Gasteiger partial charge in [-0.05, 0) is 30.0 Å². The van der Waals surface area contributed by atoms with Crippen LogP contribution in [0.25, 0.3) is 10.9 Å². The van der Waals surface area contributed by atoms with Gasteiger partial charge in [0.2, 0.25) is 5.91 Å². The summed E-state index contributed by atoms with van der Waals surface area (Å²) in [5, 5.41) is 0.538. The number of aromatic nitrogens is 2. The van der Waals surface area contributed by atoms with Crippen LogP contribution in [0.1, 0.15) is 36.5 Å². The third kappa shape index (κ3) is 1.99. The highest BCUT2D eigenvalue weighted by Crippen LogP contribution is 2.29. The molecular weight excluding hydrogens is 254 g/mol. The van der Waals surface area contributed by atoms with Gasteiger partial charge in [-0.25, -0.2) is 4.98 Å². The number of aryl methyl sites for hydroxylation is 1. The van der Waals surface area contributed by atoms with Crippen LogP contribution in [-0.4, -0.2) is 15.5 Å². The quantitative estimate of drug-likeness (QED) is 0.853. The number of nitrogens with two attached hydrogens (primary N) is 1. The summed E-state index contributed by atoms with van der Waals surface area (Å²) in [6, 6.07) is 4.81. The third-order valence-electron chi connectivity index (χ3n) is 3.93. The van der Waals surface area contributed by atoms with Gasteiger partial charge >= 0.3 is 0 Å². The molecule has 0 unspecified atom stereocenters. The van der Waals surface area contributed by atoms with Crippen molar-refractivity contribution in [3.05, 3.63) is 39.9 Å². The molecule has 1 aliphatic rings. The Morgan fingerprint density at radius 2 is 2.15 bits per heavy atom. The number of nitrogens with zero attached hydrogens (tertiary/aromatic N) is 2. The molecule has 2 aromatic rings. The molecule has 0 spiro atoms. The van der Waals surface area contributed by atoms with Crippen LogP contribution in [0.2, 0.25) is 0 Å². The van der Waals surface area contributed by atoms with E-state index in [0.29, 0.717) is 23.0 Å². The molecule has 1 aliphatic heterocycles. The third-order valence-corrected chi connectivity index (χ3v) is 3.93. The fourth-order valence-electron chi connectivity index (χ4n) is 2.73. The van der Waals surface area contributed by atoms with E-state index in [1.807, 2.05) is 0 Å². The lowest BCUT2D eigenvalue weighted by Gasteiger charge is -2.31. The van der Waals surface area contributed by atoms with E-state index in [4.69, 9.17) is 5.73 Å². The molecular formula is C15H17N3O2. The van der Waals surface area contributed by atoms with Crippen LogP contribution in [0.5, 0.6) is 0 Å². The average molecular weight is 271 g/mol. The van der Waals surface area contributed by atoms with E-state index in [1.165, 1.54) is 0 Å². The Bertz CT molecular complexity index is 775. The molecule has 104 valence electrons. The molecule has 5 heteroatoms. The van der Waals surface area contributed by atoms with Gasteiger partial charge in [0.15, 0.2) is 0 Å². The standard InChI is InChI=1S/C15H17N3O2/c1-15(2)6-5-12-17-11-7-9(13(16)19)3-4-10(11)14(20)18(12)8-15/h3-4,7H,5-6,8H2,1-2H3,(H2,16,19). The molecule has 2 N–H and O–H groups in total. The van der Waals surface area contributed by atoms with Crippen LogP contribution in [-0.2, 0) is 13.0 Å². The second kappa shape index (κ2) is 4.16. The summed E-state index contributed by atoms with van der Waals surface area (Å²) in [5.74, 6) is 0.288. The molecule has 1 amide bonds. The van der Waals surface area contributed by atoms with Crippen molar-refractivity contribution in [2.45, 2.75) is 33.2 Å². The lowest BCUT2D eigenvalue weighted by Crippen LogP contribution is -2.36. The number of fused-ring (bicyclic) bond motifs is 2. The average Bonchev–Trinajstić information content (AvgIpc) is 2.39. The Hall–Kier alpha value is -2.17. The first kappa shape index (κ1) is 12.8. The second-order valence-electron chi connectivity index (χ2n) is 6.18. The van der Waals surface area contributed by atoms with Gasteiger partial charge in [-0.3, -0.25) is 14.2 Å². The van der Waals surface area contributed by atoms with E-state index in [-0.39, 0.29) is 11.0 Å². The fraction of sp³-hybridized carbons (Fsp3) is 0.400. The minimum atomic E-state index is -0.507. The molecule has 3 rings (SSSR count). The molecule has 0 radical (unpaired) electrons. The van der Waals surface area contributed by atoms with Gasteiger partial charge in [0.25, 0.3) is 5.56 Å². The van der Waals surface area contributed by atoms with Crippen molar-refractivity contribution in [2.75, 3.05) is 0 Å². The number of primary amides is 1. The van der Waals surface area contributed by atoms with Gasteiger partial charge in [0.05, 0.1) is 10.9 Å². The monoisotopic (exact) mass is 271 g/mol. The summed E-state index contributed by atoms with van der Waals surface area (Å²) in [6.07, 6.45) is 1.78. The second-order valence-corrected chi connectivity index (χ2v) is 6.18. The summed E-state index contributed by atoms with van der Waals surface area (Å²) < 4.78 is 1.76. The van der Waals surface area contributed by atoms with Gasteiger partial charge in [-0.1, -0.05) is 13.8 Å². The predicted molar refractivity (Wildman–Crippen MR) is 76.6 cm³/mol. The summed E-state index contributed by atoms with van der Waals surface area (Å²) in [7, 11) is 0. The Labute approximate surface area is 116 Å². The Kier molecular flexibility index (Phi) is 2.67. The number of benzene rings is 1. The van der Waals surface area contributed by atoms with E-state index >= 15 is 0 Å². The van der Waals surface area contributed by atoms with Crippen molar-refractivity contribution in [3.63, 3.8) is 0 Å². The molecule has 1 aromatic heterocycles. The smallest absolute Gasteiger partial charge is 0.261 e. The van der Waals surface area contributed by atoms with E-state index in [2.05, 4.69) is 18.8 Å². The van der Waals surface area contributed by atoms with Gasteiger partial charge < -0.3 is 5.73 Å². The molecule has 1 aromatic carbocycles. The normalized spacial score (nSPS) is 16.9. The molecule has 5 nitrogen and oxygen atoms in total. The molecule has 0 atom stereocenters. The molecule has 0 bridgehead atoms. The summed E-state index contributed by atoms with van der Waals surface area (Å²) in [6.45, 7) is 4.99. The zero-order valence-corrected chi connectivity index (χ0v) is 11.6. The molecule has 0 saturated carbocycles. The molecule has 0 fully saturated rings. The summed E-state index contributed by atoms with van der Waals surface area (Å²) in [5.41, 5.74) is 6.28. The van der Waals surface area contributed by atoms with Crippen molar-refractivity contribution >= 4 is 16.8 Å². The molecule has 20 heavy (non-hydrogen) atoms. The van der Waals surface area contributed by atoms with E-state index in [9.17, 15) is 9.59 Å². The SMILES string of the molecule is CC1(C)CCc2nc3cc(C(N)=O)ccc3c(=O)n2C1. The number of hydrogen-bond acceptors (Lipinski definition) is 3. The Morgan fingerprint density at radius 1 is 1.40 bits per heavy atom. The van der Waals surface area contributed by atoms with Crippen LogP contribution in [0.4, 0.5) is 0 Å². The van der Waals surface area contributed by atoms with Gasteiger partial charge in [-0.15, -0.1) is 0 Å². The first-order chi connectivity index (χ1) is 9.37. The number of carbonyl (C=O) groups is 1. The van der Waals surface area contributed by atoms with Crippen LogP contribution in [0, 0.1) is 5.41 Å². The van der Waals surface area contributed by atoms with Crippen LogP contribution in [0.15, 0.2) is 23.0 Å². The zero-order valence-electron chi connectivity index (χ0n) is 11.6. The van der Waals surface area contributed by atoms with Crippen molar-refractivity contribution in [2.24, 2.45) is 11.1 Å². The van der Waals surface area contributed by atoms with Crippen molar-refractivity contribution in [1.29, 1.82) is 0 Å². The highest BCUT2D eigenvalue weighted by Gasteiger charge is 2.27.